The van der Waals surface area contributed by atoms with Crippen LogP contribution in [0.4, 0.5) is 0 Å². The van der Waals surface area contributed by atoms with Gasteiger partial charge in [-0.1, -0.05) is 0 Å². The minimum Gasteiger partial charge on any atom is -0.308 e. The summed E-state index contributed by atoms with van der Waals surface area (Å²) >= 11 is 2.06. The molecular formula is C13H22N4S. The van der Waals surface area contributed by atoms with E-state index in [0.29, 0.717) is 0 Å². The molecule has 100 valence electrons. The molecule has 2 rings (SSSR count). The van der Waals surface area contributed by atoms with Crippen molar-refractivity contribution >= 4 is 11.8 Å². The quantitative estimate of drug-likeness (QED) is 0.874. The molecular weight excluding hydrogens is 244 g/mol. The van der Waals surface area contributed by atoms with Crippen molar-refractivity contribution in [2.45, 2.75) is 19.9 Å². The molecule has 0 aromatic carbocycles. The molecule has 18 heavy (non-hydrogen) atoms. The summed E-state index contributed by atoms with van der Waals surface area (Å²) in [6, 6.07) is 0.276. The van der Waals surface area contributed by atoms with Gasteiger partial charge in [-0.05, 0) is 13.8 Å². The summed E-state index contributed by atoms with van der Waals surface area (Å²) in [7, 11) is 0. The maximum absolute atomic E-state index is 4.40. The fourth-order valence-corrected chi connectivity index (χ4v) is 3.18. The Balaban J connectivity index is 1.74. The zero-order valence-corrected chi connectivity index (χ0v) is 12.0. The number of nitrogens with one attached hydrogen (secondary N) is 1. The molecule has 1 fully saturated rings. The second kappa shape index (κ2) is 7.07. The van der Waals surface area contributed by atoms with Crippen LogP contribution in [0.2, 0.25) is 0 Å². The van der Waals surface area contributed by atoms with Gasteiger partial charge in [0.05, 0.1) is 11.4 Å². The van der Waals surface area contributed by atoms with Gasteiger partial charge >= 0.3 is 0 Å². The van der Waals surface area contributed by atoms with Crippen molar-refractivity contribution in [1.82, 2.24) is 20.2 Å². The SMILES string of the molecule is Cc1nccnc1C(C)NCCN1CCSCC1. The maximum Gasteiger partial charge on any atom is 0.0782 e. The third-order valence-electron chi connectivity index (χ3n) is 3.31. The van der Waals surface area contributed by atoms with Crippen molar-refractivity contribution in [3.8, 4) is 0 Å². The van der Waals surface area contributed by atoms with Gasteiger partial charge in [0.1, 0.15) is 0 Å². The molecule has 0 aliphatic carbocycles. The number of nitrogens with zero attached hydrogens (tertiary/aromatic N) is 3. The molecule has 0 bridgehead atoms. The Kier molecular flexibility index (Phi) is 5.41. The summed E-state index contributed by atoms with van der Waals surface area (Å²) in [4.78, 5) is 11.2. The summed E-state index contributed by atoms with van der Waals surface area (Å²) < 4.78 is 0. The summed E-state index contributed by atoms with van der Waals surface area (Å²) in [5.41, 5.74) is 2.08. The number of thioether (sulfide) groups is 1. The first-order valence-electron chi connectivity index (χ1n) is 6.58. The lowest BCUT2D eigenvalue weighted by Crippen LogP contribution is -2.38. The van der Waals surface area contributed by atoms with Crippen LogP contribution in [0.25, 0.3) is 0 Å². The highest BCUT2D eigenvalue weighted by Gasteiger charge is 2.12. The Bertz CT molecular complexity index is 366. The zero-order valence-electron chi connectivity index (χ0n) is 11.2. The third-order valence-corrected chi connectivity index (χ3v) is 4.25. The van der Waals surface area contributed by atoms with E-state index in [-0.39, 0.29) is 6.04 Å². The molecule has 1 aromatic rings. The highest BCUT2D eigenvalue weighted by molar-refractivity contribution is 7.99. The van der Waals surface area contributed by atoms with Gasteiger partial charge in [-0.15, -0.1) is 0 Å². The predicted molar refractivity (Wildman–Crippen MR) is 77.0 cm³/mol. The number of aryl methyl sites for hydroxylation is 1. The molecule has 1 unspecified atom stereocenters. The molecule has 1 aliphatic rings. The van der Waals surface area contributed by atoms with E-state index >= 15 is 0 Å². The average molecular weight is 266 g/mol. The van der Waals surface area contributed by atoms with Gasteiger partial charge in [-0.3, -0.25) is 9.97 Å². The molecule has 0 saturated carbocycles. The van der Waals surface area contributed by atoms with Crippen LogP contribution in [0, 0.1) is 6.92 Å². The minimum atomic E-state index is 0.276. The van der Waals surface area contributed by atoms with Crippen LogP contribution in [0.1, 0.15) is 24.4 Å². The normalized spacial score (nSPS) is 18.8. The molecule has 0 amide bonds. The largest absolute Gasteiger partial charge is 0.308 e. The smallest absolute Gasteiger partial charge is 0.0782 e. The first-order chi connectivity index (χ1) is 8.77. The van der Waals surface area contributed by atoms with Crippen LogP contribution < -0.4 is 5.32 Å². The highest BCUT2D eigenvalue weighted by atomic mass is 32.2. The van der Waals surface area contributed by atoms with Crippen LogP contribution in [0.5, 0.6) is 0 Å². The first-order valence-corrected chi connectivity index (χ1v) is 7.74. The fourth-order valence-electron chi connectivity index (χ4n) is 2.20. The van der Waals surface area contributed by atoms with Crippen LogP contribution >= 0.6 is 11.8 Å². The first kappa shape index (κ1) is 13.8. The van der Waals surface area contributed by atoms with Gasteiger partial charge in [-0.2, -0.15) is 11.8 Å². The molecule has 1 aromatic heterocycles. The monoisotopic (exact) mass is 266 g/mol. The molecule has 0 radical (unpaired) electrons. The predicted octanol–water partition coefficient (Wildman–Crippen LogP) is 1.48. The molecule has 1 saturated heterocycles. The summed E-state index contributed by atoms with van der Waals surface area (Å²) in [6.45, 7) is 8.77. The lowest BCUT2D eigenvalue weighted by atomic mass is 10.2. The number of rotatable bonds is 5. The topological polar surface area (TPSA) is 41.1 Å². The van der Waals surface area contributed by atoms with Gasteiger partial charge in [0.25, 0.3) is 0 Å². The van der Waals surface area contributed by atoms with E-state index in [4.69, 9.17) is 0 Å². The summed E-state index contributed by atoms with van der Waals surface area (Å²) in [5, 5.41) is 3.54. The Morgan fingerprint density at radius 2 is 2.06 bits per heavy atom. The Morgan fingerprint density at radius 1 is 1.33 bits per heavy atom. The van der Waals surface area contributed by atoms with Gasteiger partial charge in [0.15, 0.2) is 0 Å². The van der Waals surface area contributed by atoms with E-state index in [9.17, 15) is 0 Å². The minimum absolute atomic E-state index is 0.276. The zero-order chi connectivity index (χ0) is 12.8. The van der Waals surface area contributed by atoms with Crippen molar-refractivity contribution in [1.29, 1.82) is 0 Å². The second-order valence-corrected chi connectivity index (χ2v) is 5.88. The Hall–Kier alpha value is -0.650. The van der Waals surface area contributed by atoms with Crippen molar-refractivity contribution < 1.29 is 0 Å². The van der Waals surface area contributed by atoms with Crippen LogP contribution in [0.15, 0.2) is 12.4 Å². The van der Waals surface area contributed by atoms with E-state index in [2.05, 4.69) is 38.9 Å². The van der Waals surface area contributed by atoms with Crippen molar-refractivity contribution in [3.05, 3.63) is 23.8 Å². The molecule has 1 atom stereocenters. The van der Waals surface area contributed by atoms with Crippen molar-refractivity contribution in [3.63, 3.8) is 0 Å². The fraction of sp³-hybridized carbons (Fsp3) is 0.692. The van der Waals surface area contributed by atoms with E-state index in [1.807, 2.05) is 6.92 Å². The molecule has 1 N–H and O–H groups in total. The summed E-state index contributed by atoms with van der Waals surface area (Å²) in [5.74, 6) is 2.55. The Morgan fingerprint density at radius 3 is 2.78 bits per heavy atom. The van der Waals surface area contributed by atoms with Crippen molar-refractivity contribution in [2.24, 2.45) is 0 Å². The number of aromatic nitrogens is 2. The molecule has 4 nitrogen and oxygen atoms in total. The highest BCUT2D eigenvalue weighted by Crippen LogP contribution is 2.12. The van der Waals surface area contributed by atoms with Gasteiger partial charge in [0, 0.05) is 56.1 Å². The third kappa shape index (κ3) is 3.93. The molecule has 2 heterocycles. The van der Waals surface area contributed by atoms with Crippen LogP contribution in [-0.4, -0.2) is 52.6 Å². The maximum atomic E-state index is 4.40. The molecule has 1 aliphatic heterocycles. The van der Waals surface area contributed by atoms with Gasteiger partial charge in [-0.25, -0.2) is 0 Å². The average Bonchev–Trinajstić information content (AvgIpc) is 2.40. The summed E-state index contributed by atoms with van der Waals surface area (Å²) in [6.07, 6.45) is 3.51. The van der Waals surface area contributed by atoms with E-state index in [0.717, 1.165) is 24.5 Å². The van der Waals surface area contributed by atoms with E-state index < -0.39 is 0 Å². The second-order valence-electron chi connectivity index (χ2n) is 4.66. The van der Waals surface area contributed by atoms with Gasteiger partial charge in [0.2, 0.25) is 0 Å². The van der Waals surface area contributed by atoms with E-state index in [1.54, 1.807) is 12.4 Å². The number of hydrogen-bond acceptors (Lipinski definition) is 5. The molecule has 5 heteroatoms. The van der Waals surface area contributed by atoms with Crippen LogP contribution in [-0.2, 0) is 0 Å². The lowest BCUT2D eigenvalue weighted by Gasteiger charge is -2.26. The van der Waals surface area contributed by atoms with Crippen molar-refractivity contribution in [2.75, 3.05) is 37.7 Å². The van der Waals surface area contributed by atoms with Crippen LogP contribution in [0.3, 0.4) is 0 Å². The number of hydrogen-bond donors (Lipinski definition) is 1. The standard InChI is InChI=1S/C13H22N4S/c1-11-13(16-4-3-14-11)12(2)15-5-6-17-7-9-18-10-8-17/h3-4,12,15H,5-10H2,1-2H3. The van der Waals surface area contributed by atoms with Gasteiger partial charge < -0.3 is 10.2 Å². The lowest BCUT2D eigenvalue weighted by molar-refractivity contribution is 0.296. The van der Waals surface area contributed by atoms with E-state index in [1.165, 1.54) is 24.6 Å². The Labute approximate surface area is 114 Å². The molecule has 0 spiro atoms.